The van der Waals surface area contributed by atoms with Gasteiger partial charge >= 0.3 is 0 Å². The SMILES string of the molecule is CC1(C)COC(C2([Si](C)(C)C)N(c3ccccc3)C2(C)C)=N1. The predicted molar refractivity (Wildman–Crippen MR) is 96.5 cm³/mol. The van der Waals surface area contributed by atoms with Gasteiger partial charge in [-0.25, -0.2) is 4.99 Å². The van der Waals surface area contributed by atoms with Crippen molar-refractivity contribution in [2.45, 2.75) is 63.6 Å². The lowest BCUT2D eigenvalue weighted by molar-refractivity contribution is 0.272. The Kier molecular flexibility index (Phi) is 3.10. The van der Waals surface area contributed by atoms with Crippen LogP contribution in [0.15, 0.2) is 35.3 Å². The molecule has 3 rings (SSSR count). The maximum Gasteiger partial charge on any atom is 0.209 e. The first-order valence-corrected chi connectivity index (χ1v) is 11.6. The molecule has 2 aliphatic heterocycles. The van der Waals surface area contributed by atoms with Crippen LogP contribution < -0.4 is 4.90 Å². The number of nitrogens with zero attached hydrogens (tertiary/aromatic N) is 2. The second kappa shape index (κ2) is 4.37. The molecule has 22 heavy (non-hydrogen) atoms. The third kappa shape index (κ3) is 1.89. The zero-order valence-corrected chi connectivity index (χ0v) is 15.9. The average molecular weight is 317 g/mol. The summed E-state index contributed by atoms with van der Waals surface area (Å²) in [6.07, 6.45) is 0. The minimum atomic E-state index is -1.61. The van der Waals surface area contributed by atoms with E-state index in [-0.39, 0.29) is 16.2 Å². The van der Waals surface area contributed by atoms with Crippen LogP contribution in [-0.4, -0.2) is 36.8 Å². The van der Waals surface area contributed by atoms with Gasteiger partial charge in [-0.1, -0.05) is 37.8 Å². The maximum absolute atomic E-state index is 6.15. The van der Waals surface area contributed by atoms with Gasteiger partial charge in [-0.15, -0.1) is 0 Å². The highest BCUT2D eigenvalue weighted by Gasteiger charge is 2.79. The molecule has 2 heterocycles. The number of ether oxygens (including phenoxy) is 1. The molecular formula is C18H28N2OSi. The zero-order valence-electron chi connectivity index (χ0n) is 14.9. The van der Waals surface area contributed by atoms with Gasteiger partial charge in [0, 0.05) is 5.69 Å². The Morgan fingerprint density at radius 1 is 1.05 bits per heavy atom. The molecule has 2 aliphatic rings. The van der Waals surface area contributed by atoms with E-state index in [0.29, 0.717) is 6.61 Å². The van der Waals surface area contributed by atoms with E-state index in [1.807, 2.05) is 0 Å². The fourth-order valence-electron chi connectivity index (χ4n) is 4.38. The van der Waals surface area contributed by atoms with E-state index in [9.17, 15) is 0 Å². The largest absolute Gasteiger partial charge is 0.477 e. The maximum atomic E-state index is 6.15. The van der Waals surface area contributed by atoms with Crippen molar-refractivity contribution in [1.29, 1.82) is 0 Å². The third-order valence-corrected chi connectivity index (χ3v) is 8.33. The van der Waals surface area contributed by atoms with Gasteiger partial charge in [0.2, 0.25) is 5.90 Å². The molecule has 0 spiro atoms. The number of benzene rings is 1. The van der Waals surface area contributed by atoms with Crippen molar-refractivity contribution in [3.8, 4) is 0 Å². The summed E-state index contributed by atoms with van der Waals surface area (Å²) < 4.78 is 6.15. The first kappa shape index (κ1) is 15.6. The molecule has 0 radical (unpaired) electrons. The van der Waals surface area contributed by atoms with Crippen molar-refractivity contribution in [3.63, 3.8) is 0 Å². The van der Waals surface area contributed by atoms with Crippen LogP contribution in [-0.2, 0) is 4.74 Å². The standard InChI is InChI=1S/C18H28N2OSi/c1-16(2)13-21-15(19-16)18(22(5,6)7)17(3,4)20(18)14-11-9-8-10-12-14/h8-12H,13H2,1-7H3. The van der Waals surface area contributed by atoms with Crippen molar-refractivity contribution in [1.82, 2.24) is 0 Å². The van der Waals surface area contributed by atoms with Crippen molar-refractivity contribution in [2.24, 2.45) is 4.99 Å². The molecule has 0 saturated carbocycles. The number of hydrogen-bond acceptors (Lipinski definition) is 3. The molecule has 0 N–H and O–H groups in total. The van der Waals surface area contributed by atoms with Crippen LogP contribution in [0.25, 0.3) is 0 Å². The number of rotatable bonds is 3. The summed E-state index contributed by atoms with van der Waals surface area (Å²) >= 11 is 0. The monoisotopic (exact) mass is 316 g/mol. The van der Waals surface area contributed by atoms with E-state index in [1.54, 1.807) is 0 Å². The van der Waals surface area contributed by atoms with Crippen molar-refractivity contribution >= 4 is 19.7 Å². The molecule has 0 amide bonds. The molecule has 1 fully saturated rings. The molecule has 1 saturated heterocycles. The van der Waals surface area contributed by atoms with Crippen molar-refractivity contribution < 1.29 is 4.74 Å². The van der Waals surface area contributed by atoms with Gasteiger partial charge in [0.05, 0.1) is 19.2 Å². The molecule has 0 aliphatic carbocycles. The van der Waals surface area contributed by atoms with E-state index in [4.69, 9.17) is 9.73 Å². The van der Waals surface area contributed by atoms with Crippen LogP contribution in [0.2, 0.25) is 19.6 Å². The van der Waals surface area contributed by atoms with Crippen LogP contribution in [0.3, 0.4) is 0 Å². The number of aliphatic imine (C=N–C) groups is 1. The van der Waals surface area contributed by atoms with Crippen LogP contribution in [0.5, 0.6) is 0 Å². The van der Waals surface area contributed by atoms with Gasteiger partial charge in [0.25, 0.3) is 0 Å². The summed E-state index contributed by atoms with van der Waals surface area (Å²) in [4.78, 5) is 7.51. The minimum absolute atomic E-state index is 0.0398. The Labute approximate surface area is 135 Å². The summed E-state index contributed by atoms with van der Waals surface area (Å²) in [5, 5.41) is -0.0604. The van der Waals surface area contributed by atoms with Crippen LogP contribution in [0.4, 0.5) is 5.69 Å². The van der Waals surface area contributed by atoms with E-state index in [0.717, 1.165) is 5.90 Å². The van der Waals surface area contributed by atoms with Gasteiger partial charge in [-0.3, -0.25) is 0 Å². The lowest BCUT2D eigenvalue weighted by atomic mass is 10.1. The molecule has 1 aromatic rings. The summed E-state index contributed by atoms with van der Waals surface area (Å²) in [6.45, 7) is 16.9. The Bertz CT molecular complexity index is 616. The molecule has 1 aromatic carbocycles. The highest BCUT2D eigenvalue weighted by molar-refractivity contribution is 6.85. The van der Waals surface area contributed by atoms with Crippen LogP contribution >= 0.6 is 0 Å². The Morgan fingerprint density at radius 2 is 1.64 bits per heavy atom. The number of hydrogen-bond donors (Lipinski definition) is 0. The number of anilines is 1. The second-order valence-electron chi connectivity index (χ2n) is 8.71. The van der Waals surface area contributed by atoms with Crippen molar-refractivity contribution in [3.05, 3.63) is 30.3 Å². The van der Waals surface area contributed by atoms with E-state index in [2.05, 4.69) is 82.6 Å². The Hall–Kier alpha value is -1.29. The normalized spacial score (nSPS) is 29.0. The van der Waals surface area contributed by atoms with E-state index < -0.39 is 8.07 Å². The van der Waals surface area contributed by atoms with Gasteiger partial charge in [0.15, 0.2) is 0 Å². The quantitative estimate of drug-likeness (QED) is 0.619. The molecule has 3 nitrogen and oxygen atoms in total. The van der Waals surface area contributed by atoms with Gasteiger partial charge in [-0.05, 0) is 39.8 Å². The smallest absolute Gasteiger partial charge is 0.209 e. The molecule has 4 heteroatoms. The second-order valence-corrected chi connectivity index (χ2v) is 13.9. The zero-order chi connectivity index (χ0) is 16.4. The lowest BCUT2D eigenvalue weighted by Gasteiger charge is -2.30. The Balaban J connectivity index is 2.14. The molecule has 0 bridgehead atoms. The first-order chi connectivity index (χ1) is 10.0. The molecular weight excluding hydrogens is 288 g/mol. The van der Waals surface area contributed by atoms with Crippen LogP contribution in [0, 0.1) is 0 Å². The average Bonchev–Trinajstić information content (AvgIpc) is 2.72. The van der Waals surface area contributed by atoms with Crippen LogP contribution in [0.1, 0.15) is 27.7 Å². The third-order valence-electron chi connectivity index (χ3n) is 5.11. The summed E-state index contributed by atoms with van der Waals surface area (Å²) in [5.41, 5.74) is 1.20. The summed E-state index contributed by atoms with van der Waals surface area (Å²) in [5.74, 6) is 0.963. The van der Waals surface area contributed by atoms with Gasteiger partial charge in [0.1, 0.15) is 11.8 Å². The molecule has 1 unspecified atom stereocenters. The minimum Gasteiger partial charge on any atom is -0.477 e. The topological polar surface area (TPSA) is 24.6 Å². The molecule has 0 aromatic heterocycles. The van der Waals surface area contributed by atoms with Gasteiger partial charge in [-0.2, -0.15) is 0 Å². The summed E-state index contributed by atoms with van der Waals surface area (Å²) in [7, 11) is -1.61. The van der Waals surface area contributed by atoms with E-state index in [1.165, 1.54) is 5.69 Å². The van der Waals surface area contributed by atoms with Gasteiger partial charge < -0.3 is 9.64 Å². The number of para-hydroxylation sites is 1. The highest BCUT2D eigenvalue weighted by atomic mass is 28.3. The lowest BCUT2D eigenvalue weighted by Crippen LogP contribution is -2.54. The van der Waals surface area contributed by atoms with Crippen molar-refractivity contribution in [2.75, 3.05) is 11.5 Å². The highest BCUT2D eigenvalue weighted by Crippen LogP contribution is 2.60. The summed E-state index contributed by atoms with van der Waals surface area (Å²) in [6, 6.07) is 10.7. The predicted octanol–water partition coefficient (Wildman–Crippen LogP) is 4.11. The first-order valence-electron chi connectivity index (χ1n) is 8.13. The fraction of sp³-hybridized carbons (Fsp3) is 0.611. The fourth-order valence-corrected chi connectivity index (χ4v) is 8.12. The molecule has 1 atom stereocenters. The molecule has 120 valence electrons. The Morgan fingerprint density at radius 3 is 2.09 bits per heavy atom. The van der Waals surface area contributed by atoms with E-state index >= 15 is 0 Å².